The van der Waals surface area contributed by atoms with Crippen molar-refractivity contribution in [1.29, 1.82) is 0 Å². The van der Waals surface area contributed by atoms with E-state index in [1.54, 1.807) is 6.07 Å². The fourth-order valence-corrected chi connectivity index (χ4v) is 2.14. The van der Waals surface area contributed by atoms with Crippen LogP contribution in [0.4, 0.5) is 0 Å². The van der Waals surface area contributed by atoms with E-state index < -0.39 is 5.97 Å². The molecule has 0 bridgehead atoms. The van der Waals surface area contributed by atoms with E-state index in [9.17, 15) is 9.90 Å². The smallest absolute Gasteiger partial charge is 0.340 e. The molecular weight excluding hydrogens is 292 g/mol. The highest BCUT2D eigenvalue weighted by atomic mass is 79.9. The van der Waals surface area contributed by atoms with Crippen molar-refractivity contribution in [2.75, 3.05) is 0 Å². The van der Waals surface area contributed by atoms with Crippen molar-refractivity contribution in [3.05, 3.63) is 26.6 Å². The highest BCUT2D eigenvalue weighted by Gasteiger charge is 2.14. The first kappa shape index (κ1) is 9.54. The molecule has 1 rings (SSSR count). The summed E-state index contributed by atoms with van der Waals surface area (Å²) in [6.07, 6.45) is 0. The molecule has 1 aromatic carbocycles. The highest BCUT2D eigenvalue weighted by molar-refractivity contribution is 9.11. The molecule has 5 heteroatoms. The molecule has 1 aromatic rings. The molecule has 0 fully saturated rings. The van der Waals surface area contributed by atoms with Crippen LogP contribution in [0.25, 0.3) is 0 Å². The van der Waals surface area contributed by atoms with E-state index in [1.807, 2.05) is 0 Å². The van der Waals surface area contributed by atoms with Gasteiger partial charge in [-0.15, -0.1) is 0 Å². The van der Waals surface area contributed by atoms with Gasteiger partial charge in [-0.05, 0) is 28.1 Å². The van der Waals surface area contributed by atoms with Crippen LogP contribution in [0.15, 0.2) is 21.1 Å². The van der Waals surface area contributed by atoms with Crippen molar-refractivity contribution in [2.24, 2.45) is 0 Å². The Hall–Kier alpha value is -0.550. The number of aromatic carboxylic acids is 1. The third-order valence-electron chi connectivity index (χ3n) is 1.25. The number of carboxylic acid groups (broad SMARTS) is 1. The lowest BCUT2D eigenvalue weighted by Crippen LogP contribution is -1.97. The van der Waals surface area contributed by atoms with Crippen LogP contribution in [-0.4, -0.2) is 16.2 Å². The van der Waals surface area contributed by atoms with Gasteiger partial charge in [0.1, 0.15) is 11.3 Å². The zero-order valence-electron chi connectivity index (χ0n) is 5.71. The van der Waals surface area contributed by atoms with Crippen LogP contribution in [0.3, 0.4) is 0 Å². The van der Waals surface area contributed by atoms with E-state index >= 15 is 0 Å². The summed E-state index contributed by atoms with van der Waals surface area (Å²) in [5.74, 6) is -1.42. The first-order valence-corrected chi connectivity index (χ1v) is 4.52. The maximum Gasteiger partial charge on any atom is 0.340 e. The summed E-state index contributed by atoms with van der Waals surface area (Å²) < 4.78 is 0.971. The summed E-state index contributed by atoms with van der Waals surface area (Å²) >= 11 is 6.14. The molecule has 12 heavy (non-hydrogen) atoms. The van der Waals surface area contributed by atoms with Crippen LogP contribution >= 0.6 is 31.9 Å². The van der Waals surface area contributed by atoms with Gasteiger partial charge in [0.25, 0.3) is 0 Å². The monoisotopic (exact) mass is 294 g/mol. The first-order chi connectivity index (χ1) is 5.52. The molecule has 0 saturated carbocycles. The predicted octanol–water partition coefficient (Wildman–Crippen LogP) is 2.62. The molecule has 0 atom stereocenters. The van der Waals surface area contributed by atoms with E-state index in [0.717, 1.165) is 0 Å². The van der Waals surface area contributed by atoms with E-state index in [-0.39, 0.29) is 11.3 Å². The lowest BCUT2D eigenvalue weighted by atomic mass is 10.2. The minimum absolute atomic E-state index is 0.127. The van der Waals surface area contributed by atoms with Crippen LogP contribution in [0.5, 0.6) is 5.75 Å². The van der Waals surface area contributed by atoms with Gasteiger partial charge >= 0.3 is 5.97 Å². The minimum Gasteiger partial charge on any atom is -0.507 e. The molecule has 2 N–H and O–H groups in total. The first-order valence-electron chi connectivity index (χ1n) is 2.93. The van der Waals surface area contributed by atoms with Gasteiger partial charge in [-0.1, -0.05) is 15.9 Å². The van der Waals surface area contributed by atoms with E-state index in [2.05, 4.69) is 31.9 Å². The van der Waals surface area contributed by atoms with E-state index in [1.165, 1.54) is 6.07 Å². The van der Waals surface area contributed by atoms with Crippen LogP contribution < -0.4 is 0 Å². The second-order valence-electron chi connectivity index (χ2n) is 2.09. The Morgan fingerprint density at radius 1 is 1.33 bits per heavy atom. The molecule has 0 aromatic heterocycles. The molecule has 3 nitrogen and oxygen atoms in total. The number of hydrogen-bond donors (Lipinski definition) is 2. The molecule has 0 heterocycles. The van der Waals surface area contributed by atoms with Crippen molar-refractivity contribution < 1.29 is 15.0 Å². The lowest BCUT2D eigenvalue weighted by Gasteiger charge is -2.02. The number of hydrogen-bond acceptors (Lipinski definition) is 2. The summed E-state index contributed by atoms with van der Waals surface area (Å²) in [5.41, 5.74) is -0.127. The summed E-state index contributed by atoms with van der Waals surface area (Å²) in [5, 5.41) is 17.8. The molecule has 0 amide bonds. The van der Waals surface area contributed by atoms with Crippen LogP contribution in [0.1, 0.15) is 10.4 Å². The topological polar surface area (TPSA) is 57.5 Å². The number of halogens is 2. The molecule has 0 aliphatic rings. The maximum atomic E-state index is 10.5. The summed E-state index contributed by atoms with van der Waals surface area (Å²) in [4.78, 5) is 10.5. The van der Waals surface area contributed by atoms with Crippen molar-refractivity contribution >= 4 is 37.8 Å². The van der Waals surface area contributed by atoms with Crippen molar-refractivity contribution in [3.63, 3.8) is 0 Å². The molecule has 64 valence electrons. The Balaban J connectivity index is 3.38. The second-order valence-corrected chi connectivity index (χ2v) is 3.86. The standard InChI is InChI=1S/C7H4Br2O3/c8-3-1-4(9)6(7(11)12)5(10)2-3/h1-2,10H,(H,11,12). The zero-order chi connectivity index (χ0) is 9.30. The van der Waals surface area contributed by atoms with Gasteiger partial charge in [0.05, 0.1) is 0 Å². The number of benzene rings is 1. The highest BCUT2D eigenvalue weighted by Crippen LogP contribution is 2.30. The second kappa shape index (κ2) is 3.45. The Morgan fingerprint density at radius 2 is 1.92 bits per heavy atom. The van der Waals surface area contributed by atoms with Gasteiger partial charge in [0.15, 0.2) is 0 Å². The van der Waals surface area contributed by atoms with Gasteiger partial charge in [0.2, 0.25) is 0 Å². The summed E-state index contributed by atoms with van der Waals surface area (Å²) in [7, 11) is 0. The van der Waals surface area contributed by atoms with E-state index in [0.29, 0.717) is 8.95 Å². The van der Waals surface area contributed by atoms with Gasteiger partial charge in [-0.3, -0.25) is 0 Å². The Kier molecular flexibility index (Phi) is 2.74. The molecule has 0 aliphatic carbocycles. The minimum atomic E-state index is -1.16. The van der Waals surface area contributed by atoms with Crippen molar-refractivity contribution in [2.45, 2.75) is 0 Å². The quantitative estimate of drug-likeness (QED) is 0.837. The van der Waals surface area contributed by atoms with Crippen LogP contribution in [0, 0.1) is 0 Å². The van der Waals surface area contributed by atoms with Gasteiger partial charge in [-0.25, -0.2) is 4.79 Å². The Morgan fingerprint density at radius 3 is 2.33 bits per heavy atom. The molecule has 0 unspecified atom stereocenters. The fraction of sp³-hybridized carbons (Fsp3) is 0. The van der Waals surface area contributed by atoms with Crippen LogP contribution in [0.2, 0.25) is 0 Å². The molecule has 0 radical (unpaired) electrons. The maximum absolute atomic E-state index is 10.5. The fourth-order valence-electron chi connectivity index (χ4n) is 0.772. The van der Waals surface area contributed by atoms with Crippen molar-refractivity contribution in [1.82, 2.24) is 0 Å². The number of aromatic hydroxyl groups is 1. The van der Waals surface area contributed by atoms with Gasteiger partial charge in [-0.2, -0.15) is 0 Å². The zero-order valence-corrected chi connectivity index (χ0v) is 8.89. The lowest BCUT2D eigenvalue weighted by molar-refractivity contribution is 0.0692. The third-order valence-corrected chi connectivity index (χ3v) is 2.33. The molecule has 0 saturated heterocycles. The Labute approximate surface area is 85.3 Å². The SMILES string of the molecule is O=C(O)c1c(O)cc(Br)cc1Br. The molecule has 0 aliphatic heterocycles. The number of phenols is 1. The largest absolute Gasteiger partial charge is 0.507 e. The normalized spacial score (nSPS) is 9.83. The third kappa shape index (κ3) is 1.78. The average Bonchev–Trinajstić information content (AvgIpc) is 1.82. The average molecular weight is 296 g/mol. The van der Waals surface area contributed by atoms with Crippen molar-refractivity contribution in [3.8, 4) is 5.75 Å². The van der Waals surface area contributed by atoms with Crippen LogP contribution in [-0.2, 0) is 0 Å². The van der Waals surface area contributed by atoms with E-state index in [4.69, 9.17) is 5.11 Å². The number of carbonyl (C=O) groups is 1. The summed E-state index contributed by atoms with van der Waals surface area (Å²) in [6.45, 7) is 0. The van der Waals surface area contributed by atoms with Gasteiger partial charge in [0, 0.05) is 8.95 Å². The molecule has 0 spiro atoms. The number of rotatable bonds is 1. The Bertz CT molecular complexity index is 312. The predicted molar refractivity (Wildman–Crippen MR) is 50.5 cm³/mol. The number of carboxylic acids is 1. The molecular formula is C7H4Br2O3. The summed E-state index contributed by atoms with van der Waals surface area (Å²) in [6, 6.07) is 2.89. The van der Waals surface area contributed by atoms with Gasteiger partial charge < -0.3 is 10.2 Å².